The van der Waals surface area contributed by atoms with Crippen molar-refractivity contribution in [3.8, 4) is 11.5 Å². The van der Waals surface area contributed by atoms with Gasteiger partial charge in [0.2, 0.25) is 0 Å². The molecule has 0 atom stereocenters. The first-order valence-corrected chi connectivity index (χ1v) is 7.82. The highest BCUT2D eigenvalue weighted by atomic mass is 35.5. The average Bonchev–Trinajstić information content (AvgIpc) is 2.51. The highest BCUT2D eigenvalue weighted by Gasteiger charge is 2.18. The van der Waals surface area contributed by atoms with E-state index in [9.17, 15) is 0 Å². The molecule has 0 amide bonds. The summed E-state index contributed by atoms with van der Waals surface area (Å²) in [5, 5.41) is 1.17. The molecule has 1 saturated heterocycles. The third-order valence-corrected chi connectivity index (χ3v) is 4.40. The van der Waals surface area contributed by atoms with Crippen LogP contribution in [0, 0.1) is 0 Å². The summed E-state index contributed by atoms with van der Waals surface area (Å²) < 4.78 is 15.9. The molecule has 1 aliphatic rings. The zero-order valence-electron chi connectivity index (χ0n) is 12.5. The Labute approximate surface area is 135 Å². The summed E-state index contributed by atoms with van der Waals surface area (Å²) in [4.78, 5) is 2.39. The molecule has 1 heterocycles. The van der Waals surface area contributed by atoms with Gasteiger partial charge in [0.1, 0.15) is 0 Å². The number of nitrogens with zero attached hydrogens (tertiary/aromatic N) is 1. The molecule has 0 bridgehead atoms. The fourth-order valence-electron chi connectivity index (χ4n) is 2.49. The predicted molar refractivity (Wildman–Crippen MR) is 85.1 cm³/mol. The normalized spacial score (nSPS) is 16.0. The van der Waals surface area contributed by atoms with E-state index in [1.807, 2.05) is 0 Å². The van der Waals surface area contributed by atoms with Crippen LogP contribution in [0.15, 0.2) is 6.07 Å². The first kappa shape index (κ1) is 16.7. The van der Waals surface area contributed by atoms with Gasteiger partial charge < -0.3 is 14.2 Å². The minimum absolute atomic E-state index is 0.545. The van der Waals surface area contributed by atoms with Crippen LogP contribution in [0.5, 0.6) is 11.5 Å². The van der Waals surface area contributed by atoms with Gasteiger partial charge in [-0.05, 0) is 24.9 Å². The van der Waals surface area contributed by atoms with Crippen molar-refractivity contribution in [2.45, 2.75) is 12.8 Å². The van der Waals surface area contributed by atoms with Gasteiger partial charge in [-0.1, -0.05) is 23.2 Å². The van der Waals surface area contributed by atoms with Crippen molar-refractivity contribution in [1.82, 2.24) is 4.90 Å². The second kappa shape index (κ2) is 8.08. The van der Waals surface area contributed by atoms with Crippen molar-refractivity contribution in [2.24, 2.45) is 0 Å². The lowest BCUT2D eigenvalue weighted by Crippen LogP contribution is -2.36. The number of morpholine rings is 1. The van der Waals surface area contributed by atoms with E-state index in [1.54, 1.807) is 20.3 Å². The molecule has 1 fully saturated rings. The molecule has 0 unspecified atom stereocenters. The molecule has 0 radical (unpaired) electrons. The van der Waals surface area contributed by atoms with Crippen molar-refractivity contribution in [2.75, 3.05) is 47.1 Å². The summed E-state index contributed by atoms with van der Waals surface area (Å²) in [7, 11) is 3.15. The number of methoxy groups -OCH3 is 2. The summed E-state index contributed by atoms with van der Waals surface area (Å²) in [6.45, 7) is 4.64. The van der Waals surface area contributed by atoms with Crippen molar-refractivity contribution in [1.29, 1.82) is 0 Å². The van der Waals surface area contributed by atoms with Crippen molar-refractivity contribution in [3.63, 3.8) is 0 Å². The van der Waals surface area contributed by atoms with Crippen molar-refractivity contribution >= 4 is 23.2 Å². The number of rotatable bonds is 6. The van der Waals surface area contributed by atoms with E-state index in [-0.39, 0.29) is 0 Å². The monoisotopic (exact) mass is 333 g/mol. The van der Waals surface area contributed by atoms with Gasteiger partial charge in [-0.3, -0.25) is 4.90 Å². The molecule has 1 aromatic rings. The van der Waals surface area contributed by atoms with Crippen LogP contribution in [-0.2, 0) is 11.2 Å². The maximum Gasteiger partial charge on any atom is 0.179 e. The van der Waals surface area contributed by atoms with Crippen LogP contribution in [0.2, 0.25) is 10.0 Å². The predicted octanol–water partition coefficient (Wildman–Crippen LogP) is 3.28. The van der Waals surface area contributed by atoms with E-state index in [1.165, 1.54) is 0 Å². The zero-order chi connectivity index (χ0) is 15.2. The molecule has 0 spiro atoms. The zero-order valence-corrected chi connectivity index (χ0v) is 14.0. The van der Waals surface area contributed by atoms with Crippen LogP contribution in [0.4, 0.5) is 0 Å². The number of hydrogen-bond acceptors (Lipinski definition) is 4. The van der Waals surface area contributed by atoms with Crippen molar-refractivity contribution in [3.05, 3.63) is 21.7 Å². The first-order valence-electron chi connectivity index (χ1n) is 7.06. The Hall–Kier alpha value is -0.680. The first-order chi connectivity index (χ1) is 10.2. The van der Waals surface area contributed by atoms with Crippen LogP contribution >= 0.6 is 23.2 Å². The summed E-state index contributed by atoms with van der Waals surface area (Å²) in [5.41, 5.74) is 0.921. The third-order valence-electron chi connectivity index (χ3n) is 3.66. The van der Waals surface area contributed by atoms with E-state index in [4.69, 9.17) is 37.4 Å². The van der Waals surface area contributed by atoms with Crippen molar-refractivity contribution < 1.29 is 14.2 Å². The van der Waals surface area contributed by atoms with E-state index in [0.717, 1.165) is 51.3 Å². The maximum atomic E-state index is 6.40. The Kier molecular flexibility index (Phi) is 6.42. The van der Waals surface area contributed by atoms with E-state index >= 15 is 0 Å². The summed E-state index contributed by atoms with van der Waals surface area (Å²) in [6, 6.07) is 1.76. The standard InChI is InChI=1S/C15H21Cl2NO3/c1-19-13-10-12(16)11(14(17)15(13)20-2)4-3-5-18-6-8-21-9-7-18/h10H,3-9H2,1-2H3. The minimum atomic E-state index is 0.545. The number of ether oxygens (including phenoxy) is 3. The second-order valence-corrected chi connectivity index (χ2v) is 5.73. The van der Waals surface area contributed by atoms with Gasteiger partial charge in [-0.2, -0.15) is 0 Å². The van der Waals surface area contributed by atoms with E-state index < -0.39 is 0 Å². The van der Waals surface area contributed by atoms with Gasteiger partial charge in [0.15, 0.2) is 11.5 Å². The lowest BCUT2D eigenvalue weighted by atomic mass is 10.1. The Morgan fingerprint density at radius 3 is 2.52 bits per heavy atom. The summed E-state index contributed by atoms with van der Waals surface area (Å²) >= 11 is 12.7. The maximum absolute atomic E-state index is 6.40. The second-order valence-electron chi connectivity index (χ2n) is 4.94. The van der Waals surface area contributed by atoms with Crippen LogP contribution < -0.4 is 9.47 Å². The Morgan fingerprint density at radius 1 is 1.19 bits per heavy atom. The minimum Gasteiger partial charge on any atom is -0.493 e. The molecule has 0 aromatic heterocycles. The number of halogens is 2. The molecule has 0 saturated carbocycles. The van der Waals surface area contributed by atoms with Crippen LogP contribution in [0.3, 0.4) is 0 Å². The van der Waals surface area contributed by atoms with Gasteiger partial charge >= 0.3 is 0 Å². The smallest absolute Gasteiger partial charge is 0.179 e. The lowest BCUT2D eigenvalue weighted by molar-refractivity contribution is 0.0374. The van der Waals surface area contributed by atoms with E-state index in [2.05, 4.69) is 4.90 Å². The number of hydrogen-bond donors (Lipinski definition) is 0. The fraction of sp³-hybridized carbons (Fsp3) is 0.600. The van der Waals surface area contributed by atoms with E-state index in [0.29, 0.717) is 21.5 Å². The Balaban J connectivity index is 2.02. The average molecular weight is 334 g/mol. The van der Waals surface area contributed by atoms with Gasteiger partial charge in [0, 0.05) is 24.2 Å². The van der Waals surface area contributed by atoms with Crippen LogP contribution in [0.25, 0.3) is 0 Å². The molecular weight excluding hydrogens is 313 g/mol. The van der Waals surface area contributed by atoms with Crippen LogP contribution in [-0.4, -0.2) is 52.0 Å². The molecular formula is C15H21Cl2NO3. The topological polar surface area (TPSA) is 30.9 Å². The third kappa shape index (κ3) is 4.16. The molecule has 21 heavy (non-hydrogen) atoms. The molecule has 0 N–H and O–H groups in total. The lowest BCUT2D eigenvalue weighted by Gasteiger charge is -2.26. The molecule has 118 valence electrons. The van der Waals surface area contributed by atoms with Crippen LogP contribution in [0.1, 0.15) is 12.0 Å². The molecule has 6 heteroatoms. The van der Waals surface area contributed by atoms with Gasteiger partial charge in [-0.25, -0.2) is 0 Å². The molecule has 1 aliphatic heterocycles. The highest BCUT2D eigenvalue weighted by Crippen LogP contribution is 2.41. The molecule has 4 nitrogen and oxygen atoms in total. The highest BCUT2D eigenvalue weighted by molar-refractivity contribution is 6.37. The van der Waals surface area contributed by atoms with Gasteiger partial charge in [0.05, 0.1) is 32.5 Å². The van der Waals surface area contributed by atoms with Gasteiger partial charge in [0.25, 0.3) is 0 Å². The molecule has 2 rings (SSSR count). The Bertz CT molecular complexity index is 476. The SMILES string of the molecule is COc1cc(Cl)c(CCCN2CCOCC2)c(Cl)c1OC. The largest absolute Gasteiger partial charge is 0.493 e. The quantitative estimate of drug-likeness (QED) is 0.799. The van der Waals surface area contributed by atoms with Gasteiger partial charge in [-0.15, -0.1) is 0 Å². The Morgan fingerprint density at radius 2 is 1.90 bits per heavy atom. The fourth-order valence-corrected chi connectivity index (χ4v) is 3.20. The number of benzene rings is 1. The summed E-state index contributed by atoms with van der Waals surface area (Å²) in [5.74, 6) is 1.11. The molecule has 1 aromatic carbocycles. The molecule has 0 aliphatic carbocycles. The summed E-state index contributed by atoms with van der Waals surface area (Å²) in [6.07, 6.45) is 1.81.